The lowest BCUT2D eigenvalue weighted by molar-refractivity contribution is -0.134. The van der Waals surface area contributed by atoms with Crippen LogP contribution >= 0.6 is 0 Å². The molecule has 0 heterocycles. The minimum atomic E-state index is -0.967. The number of amides is 6. The average molecular weight is 266 g/mol. The highest BCUT2D eigenvalue weighted by atomic mass is 16.2. The van der Waals surface area contributed by atoms with Gasteiger partial charge in [-0.2, -0.15) is 0 Å². The highest BCUT2D eigenvalue weighted by Gasteiger charge is 2.51. The fraction of sp³-hybridized carbons (Fsp3) is 0.455. The van der Waals surface area contributed by atoms with E-state index < -0.39 is 35.7 Å². The lowest BCUT2D eigenvalue weighted by Gasteiger charge is -2.25. The Balaban J connectivity index is 2.18. The summed E-state index contributed by atoms with van der Waals surface area (Å²) in [6.07, 6.45) is 4.31. The summed E-state index contributed by atoms with van der Waals surface area (Å²) in [5.74, 6) is -2.88. The summed E-state index contributed by atoms with van der Waals surface area (Å²) in [5, 5.41) is 3.96. The molecule has 4 unspecified atom stereocenters. The molecule has 8 heteroatoms. The van der Waals surface area contributed by atoms with Gasteiger partial charge in [-0.1, -0.05) is 12.2 Å². The largest absolute Gasteiger partial charge is 0.351 e. The number of carbonyl (C=O) groups is 4. The third-order valence-corrected chi connectivity index (χ3v) is 3.56. The van der Waals surface area contributed by atoms with E-state index in [1.807, 2.05) is 22.8 Å². The van der Waals surface area contributed by atoms with Gasteiger partial charge in [-0.15, -0.1) is 0 Å². The molecule has 4 atom stereocenters. The van der Waals surface area contributed by atoms with Crippen LogP contribution in [0.2, 0.25) is 0 Å². The van der Waals surface area contributed by atoms with Crippen molar-refractivity contribution in [2.24, 2.45) is 35.1 Å². The number of hydrogen-bond acceptors (Lipinski definition) is 4. The smallest absolute Gasteiger partial charge is 0.318 e. The van der Waals surface area contributed by atoms with E-state index in [0.29, 0.717) is 6.42 Å². The fourth-order valence-corrected chi connectivity index (χ4v) is 2.95. The van der Waals surface area contributed by atoms with E-state index in [9.17, 15) is 19.2 Å². The Morgan fingerprint density at radius 1 is 0.842 bits per heavy atom. The summed E-state index contributed by atoms with van der Waals surface area (Å²) in [6, 6.07) is -1.93. The van der Waals surface area contributed by atoms with Crippen molar-refractivity contribution in [1.29, 1.82) is 0 Å². The van der Waals surface area contributed by atoms with Crippen molar-refractivity contribution in [3.63, 3.8) is 0 Å². The number of imide groups is 2. The van der Waals surface area contributed by atoms with Gasteiger partial charge in [-0.25, -0.2) is 9.59 Å². The van der Waals surface area contributed by atoms with Crippen LogP contribution in [0.4, 0.5) is 9.59 Å². The Kier molecular flexibility index (Phi) is 3.24. The average Bonchev–Trinajstić information content (AvgIpc) is 2.85. The third kappa shape index (κ3) is 2.42. The zero-order valence-corrected chi connectivity index (χ0v) is 9.96. The summed E-state index contributed by atoms with van der Waals surface area (Å²) >= 11 is 0. The van der Waals surface area contributed by atoms with Crippen LogP contribution in [0.25, 0.3) is 0 Å². The summed E-state index contributed by atoms with van der Waals surface area (Å²) in [6.45, 7) is 0. The molecule has 0 saturated heterocycles. The first-order valence-electron chi connectivity index (χ1n) is 5.79. The highest BCUT2D eigenvalue weighted by Crippen LogP contribution is 2.48. The maximum absolute atomic E-state index is 11.9. The Hall–Kier alpha value is -2.38. The molecule has 2 bridgehead atoms. The van der Waals surface area contributed by atoms with E-state index in [2.05, 4.69) is 0 Å². The van der Waals surface area contributed by atoms with Crippen molar-refractivity contribution in [2.45, 2.75) is 6.42 Å². The molecule has 0 spiro atoms. The van der Waals surface area contributed by atoms with Gasteiger partial charge < -0.3 is 11.5 Å². The van der Waals surface area contributed by atoms with Crippen LogP contribution in [0.3, 0.4) is 0 Å². The van der Waals surface area contributed by atoms with Crippen molar-refractivity contribution in [3.05, 3.63) is 12.2 Å². The van der Waals surface area contributed by atoms with Crippen molar-refractivity contribution in [1.82, 2.24) is 10.6 Å². The fourth-order valence-electron chi connectivity index (χ4n) is 2.95. The second-order valence-electron chi connectivity index (χ2n) is 4.71. The normalized spacial score (nSPS) is 30.9. The summed E-state index contributed by atoms with van der Waals surface area (Å²) < 4.78 is 0. The second kappa shape index (κ2) is 4.71. The molecule has 0 aromatic carbocycles. The van der Waals surface area contributed by atoms with Gasteiger partial charge >= 0.3 is 12.1 Å². The Labute approximate surface area is 108 Å². The maximum Gasteiger partial charge on any atom is 0.318 e. The third-order valence-electron chi connectivity index (χ3n) is 3.56. The monoisotopic (exact) mass is 266 g/mol. The number of primary amides is 2. The molecule has 8 nitrogen and oxygen atoms in total. The first-order valence-corrected chi connectivity index (χ1v) is 5.79. The minimum Gasteiger partial charge on any atom is -0.351 e. The maximum atomic E-state index is 11.9. The number of hydrogen-bond donors (Lipinski definition) is 4. The van der Waals surface area contributed by atoms with Crippen LogP contribution in [-0.4, -0.2) is 23.9 Å². The second-order valence-corrected chi connectivity index (χ2v) is 4.71. The standard InChI is InChI=1S/C11H14N4O4/c12-10(18)14-8(16)6-4-1-2-5(3-4)7(6)9(17)15-11(13)19/h1-2,4-7H,3H2,(H3,12,14,16,18)(H3,13,15,17,19). The van der Waals surface area contributed by atoms with Crippen LogP contribution in [-0.2, 0) is 9.59 Å². The van der Waals surface area contributed by atoms with Crippen LogP contribution in [0.5, 0.6) is 0 Å². The van der Waals surface area contributed by atoms with Gasteiger partial charge in [0.1, 0.15) is 0 Å². The van der Waals surface area contributed by atoms with Gasteiger partial charge in [-0.3, -0.25) is 20.2 Å². The number of fused-ring (bicyclic) bond motifs is 2. The van der Waals surface area contributed by atoms with Crippen molar-refractivity contribution < 1.29 is 19.2 Å². The van der Waals surface area contributed by atoms with Crippen LogP contribution < -0.4 is 22.1 Å². The summed E-state index contributed by atoms with van der Waals surface area (Å²) in [5.41, 5.74) is 9.80. The molecule has 0 radical (unpaired) electrons. The van der Waals surface area contributed by atoms with Crippen LogP contribution in [0.15, 0.2) is 12.2 Å². The van der Waals surface area contributed by atoms with Crippen molar-refractivity contribution >= 4 is 23.9 Å². The van der Waals surface area contributed by atoms with Crippen molar-refractivity contribution in [3.8, 4) is 0 Å². The Morgan fingerprint density at radius 3 is 1.53 bits per heavy atom. The topological polar surface area (TPSA) is 144 Å². The lowest BCUT2D eigenvalue weighted by Crippen LogP contribution is -2.48. The molecule has 6 N–H and O–H groups in total. The van der Waals surface area contributed by atoms with Crippen LogP contribution in [0, 0.1) is 23.7 Å². The van der Waals surface area contributed by atoms with Gasteiger partial charge in [0.05, 0.1) is 11.8 Å². The number of carbonyl (C=O) groups excluding carboxylic acids is 4. The van der Waals surface area contributed by atoms with E-state index in [1.54, 1.807) is 0 Å². The molecule has 102 valence electrons. The number of allylic oxidation sites excluding steroid dienone is 2. The molecule has 0 aromatic rings. The predicted molar refractivity (Wildman–Crippen MR) is 63.2 cm³/mol. The molecular weight excluding hydrogens is 252 g/mol. The van der Waals surface area contributed by atoms with E-state index >= 15 is 0 Å². The van der Waals surface area contributed by atoms with Gasteiger partial charge in [-0.05, 0) is 18.3 Å². The number of urea groups is 2. The van der Waals surface area contributed by atoms with E-state index in [-0.39, 0.29) is 11.8 Å². The molecule has 2 aliphatic rings. The van der Waals surface area contributed by atoms with Gasteiger partial charge in [0, 0.05) is 0 Å². The van der Waals surface area contributed by atoms with E-state index in [0.717, 1.165) is 0 Å². The number of nitrogens with one attached hydrogen (secondary N) is 2. The highest BCUT2D eigenvalue weighted by molar-refractivity contribution is 6.01. The molecule has 2 aliphatic carbocycles. The summed E-state index contributed by atoms with van der Waals surface area (Å²) in [7, 11) is 0. The first kappa shape index (κ1) is 13.1. The van der Waals surface area contributed by atoms with Gasteiger partial charge in [0.15, 0.2) is 0 Å². The zero-order chi connectivity index (χ0) is 14.2. The quantitative estimate of drug-likeness (QED) is 0.466. The van der Waals surface area contributed by atoms with Crippen molar-refractivity contribution in [2.75, 3.05) is 0 Å². The molecule has 0 aromatic heterocycles. The molecular formula is C11H14N4O4. The SMILES string of the molecule is NC(=O)NC(=O)C1C2C=CC(C2)C1C(=O)NC(N)=O. The van der Waals surface area contributed by atoms with Gasteiger partial charge in [0.2, 0.25) is 11.8 Å². The molecule has 0 aliphatic heterocycles. The molecule has 6 amide bonds. The van der Waals surface area contributed by atoms with E-state index in [4.69, 9.17) is 11.5 Å². The zero-order valence-electron chi connectivity index (χ0n) is 9.96. The summed E-state index contributed by atoms with van der Waals surface area (Å²) in [4.78, 5) is 45.3. The first-order chi connectivity index (χ1) is 8.90. The molecule has 1 saturated carbocycles. The molecule has 1 fully saturated rings. The Bertz CT molecular complexity index is 445. The number of rotatable bonds is 2. The molecule has 19 heavy (non-hydrogen) atoms. The van der Waals surface area contributed by atoms with Gasteiger partial charge in [0.25, 0.3) is 0 Å². The van der Waals surface area contributed by atoms with E-state index in [1.165, 1.54) is 0 Å². The predicted octanol–water partition coefficient (Wildman–Crippen LogP) is -1.19. The number of nitrogens with two attached hydrogens (primary N) is 2. The lowest BCUT2D eigenvalue weighted by atomic mass is 9.81. The van der Waals surface area contributed by atoms with Crippen LogP contribution in [0.1, 0.15) is 6.42 Å². The minimum absolute atomic E-state index is 0.132. The Morgan fingerprint density at radius 2 is 1.21 bits per heavy atom. The molecule has 2 rings (SSSR count).